The Morgan fingerprint density at radius 1 is 1.10 bits per heavy atom. The fraction of sp³-hybridized carbons (Fsp3) is 0.622. The number of carbonyl (C=O) groups excluding carboxylic acids is 5. The minimum Gasteiger partial charge on any atom is -0.544 e. The van der Waals surface area contributed by atoms with E-state index in [1.807, 2.05) is 6.08 Å². The zero-order valence-electron chi connectivity index (χ0n) is 39.7. The first-order chi connectivity index (χ1) is 32.4. The molecule has 1 aromatic heterocycles. The number of hydrogen-bond donors (Lipinski definition) is 5. The number of hydrogen-bond acceptors (Lipinski definition) is 15. The third kappa shape index (κ3) is 12.3. The average molecular weight is 1010 g/mol. The molecule has 9 atom stereocenters. The standard InChI is InChI=1S/C35H46FN5O9S.C10H14FN3O4.Na/c1-34(2,3)50-32(45)37-27-13-8-6-4-5-7-11-22-17-35(22,31(44)39-51(47,48)24-14-15-24)38-29(42)28-16-23(19-41(28)30(27)43)49-33(46)40-18-21-10-9-12-26(36)25(21)20-40;1-10(11)7(16)5(4-15)18-8(10)14-3-2-6(12)13-9(14)17;/h7,9-12,22-24,27-28H,4-6,8,13-20H2,1-3H3,(H3,37,38,39,42,44,45);2-3,5,7-8,15-16H,4H2,1H3,(H2,12,13,17);/q;;+1/p-1/b11-7-;;/t22-,23-,27+,28+,35-;5-,7-,8-,10-;/m11./s1. The predicted molar refractivity (Wildman–Crippen MR) is 240 cm³/mol. The van der Waals surface area contributed by atoms with Gasteiger partial charge in [0.2, 0.25) is 11.8 Å². The maximum atomic E-state index is 14.4. The summed E-state index contributed by atoms with van der Waals surface area (Å²) in [5.74, 6) is -3.24. The largest absolute Gasteiger partial charge is 1.00 e. The molecule has 2 saturated heterocycles. The quantitative estimate of drug-likeness (QED) is 0.176. The molecule has 0 spiro atoms. The molecule has 0 bridgehead atoms. The average Bonchev–Trinajstić information content (AvgIpc) is 4.13. The predicted octanol–water partition coefficient (Wildman–Crippen LogP) is -0.263. The van der Waals surface area contributed by atoms with Crippen LogP contribution in [0.1, 0.15) is 103 Å². The number of aliphatic hydroxyl groups is 2. The Morgan fingerprint density at radius 3 is 2.47 bits per heavy atom. The Bertz CT molecular complexity index is 2520. The number of benzene rings is 1. The molecule has 2 saturated carbocycles. The smallest absolute Gasteiger partial charge is 0.544 e. The van der Waals surface area contributed by atoms with Gasteiger partial charge >= 0.3 is 47.4 Å². The van der Waals surface area contributed by atoms with Gasteiger partial charge in [0.15, 0.2) is 11.9 Å². The summed E-state index contributed by atoms with van der Waals surface area (Å²) in [5.41, 5.74) is 0.909. The van der Waals surface area contributed by atoms with Gasteiger partial charge in [0.1, 0.15) is 47.6 Å². The molecule has 2 aromatic rings. The molecule has 6 N–H and O–H groups in total. The van der Waals surface area contributed by atoms with Gasteiger partial charge in [-0.15, -0.1) is 0 Å². The van der Waals surface area contributed by atoms with Crippen molar-refractivity contribution in [3.63, 3.8) is 0 Å². The Hall–Kier alpha value is -4.72. The van der Waals surface area contributed by atoms with Crippen molar-refractivity contribution in [1.29, 1.82) is 0 Å². The number of amides is 5. The fourth-order valence-corrected chi connectivity index (χ4v) is 10.2. The van der Waals surface area contributed by atoms with Crippen LogP contribution < -0.4 is 51.6 Å². The van der Waals surface area contributed by atoms with Gasteiger partial charge in [-0.2, -0.15) is 4.98 Å². The molecule has 8 rings (SSSR count). The number of halogens is 2. The van der Waals surface area contributed by atoms with Gasteiger partial charge in [-0.05, 0) is 83.9 Å². The zero-order chi connectivity index (χ0) is 50.2. The number of rotatable bonds is 7. The third-order valence-electron chi connectivity index (χ3n) is 12.9. The van der Waals surface area contributed by atoms with Crippen LogP contribution in [0.25, 0.3) is 4.72 Å². The van der Waals surface area contributed by atoms with E-state index >= 15 is 0 Å². The van der Waals surface area contributed by atoms with Crippen LogP contribution in [0.2, 0.25) is 0 Å². The summed E-state index contributed by atoms with van der Waals surface area (Å²) >= 11 is 0. The van der Waals surface area contributed by atoms with Crippen molar-refractivity contribution in [3.8, 4) is 0 Å². The summed E-state index contributed by atoms with van der Waals surface area (Å²) < 4.78 is 75.0. The maximum Gasteiger partial charge on any atom is 1.00 e. The van der Waals surface area contributed by atoms with Crippen LogP contribution in [0.4, 0.5) is 24.2 Å². The van der Waals surface area contributed by atoms with Gasteiger partial charge in [-0.25, -0.2) is 31.6 Å². The van der Waals surface area contributed by atoms with E-state index < -0.39 is 123 Å². The molecule has 378 valence electrons. The van der Waals surface area contributed by atoms with Crippen LogP contribution >= 0.6 is 0 Å². The van der Waals surface area contributed by atoms with Crippen molar-refractivity contribution < 1.29 is 95.2 Å². The van der Waals surface area contributed by atoms with Crippen LogP contribution in [-0.2, 0) is 51.7 Å². The van der Waals surface area contributed by atoms with Crippen molar-refractivity contribution in [1.82, 2.24) is 30.0 Å². The summed E-state index contributed by atoms with van der Waals surface area (Å²) in [6.07, 6.45) is 2.17. The number of nitrogens with two attached hydrogens (primary N) is 1. The van der Waals surface area contributed by atoms with E-state index in [-0.39, 0.29) is 74.3 Å². The monoisotopic (exact) mass is 1010 g/mol. The number of aromatic nitrogens is 2. The van der Waals surface area contributed by atoms with Gasteiger partial charge in [-0.1, -0.05) is 37.1 Å². The number of allylic oxidation sites excluding steroid dienone is 1. The number of anilines is 1. The van der Waals surface area contributed by atoms with E-state index in [4.69, 9.17) is 25.1 Å². The molecule has 1 aromatic carbocycles. The third-order valence-corrected chi connectivity index (χ3v) is 14.7. The van der Waals surface area contributed by atoms with Crippen LogP contribution in [0.5, 0.6) is 0 Å². The van der Waals surface area contributed by atoms with Crippen molar-refractivity contribution in [2.24, 2.45) is 5.92 Å². The van der Waals surface area contributed by atoms with Crippen LogP contribution in [0.3, 0.4) is 0 Å². The number of carbonyl (C=O) groups is 5. The number of nitrogens with zero attached hydrogens (tertiary/aromatic N) is 5. The van der Waals surface area contributed by atoms with Gasteiger partial charge in [0, 0.05) is 35.9 Å². The van der Waals surface area contributed by atoms with Crippen LogP contribution in [0, 0.1) is 11.7 Å². The van der Waals surface area contributed by atoms with E-state index in [2.05, 4.69) is 20.3 Å². The number of aliphatic hydroxyl groups excluding tert-OH is 2. The second-order valence-corrected chi connectivity index (χ2v) is 21.4. The van der Waals surface area contributed by atoms with E-state index in [0.29, 0.717) is 43.2 Å². The summed E-state index contributed by atoms with van der Waals surface area (Å²) in [6.45, 7) is 5.54. The molecule has 5 amide bonds. The molecule has 21 nitrogen and oxygen atoms in total. The first-order valence-electron chi connectivity index (χ1n) is 22.9. The number of nitrogens with one attached hydrogen (secondary N) is 2. The normalized spacial score (nSPS) is 30.3. The number of nitrogen functional groups attached to an aromatic ring is 1. The number of alkyl halides is 1. The van der Waals surface area contributed by atoms with Gasteiger partial charge in [0.25, 0.3) is 0 Å². The number of ether oxygens (including phenoxy) is 3. The maximum absolute atomic E-state index is 14.4. The molecule has 0 radical (unpaired) electrons. The minimum absolute atomic E-state index is 0. The molecular weight excluding hydrogens is 954 g/mol. The molecule has 5 heterocycles. The second kappa shape index (κ2) is 21.6. The van der Waals surface area contributed by atoms with Crippen molar-refractivity contribution >= 4 is 45.7 Å². The molecule has 25 heteroatoms. The fourth-order valence-electron chi connectivity index (χ4n) is 8.93. The Morgan fingerprint density at radius 2 is 1.83 bits per heavy atom. The Kier molecular flexibility index (Phi) is 16.8. The molecule has 6 aliphatic rings. The molecule has 2 aliphatic carbocycles. The second-order valence-electron chi connectivity index (χ2n) is 19.5. The number of alkyl carbamates (subject to hydrolysis) is 1. The van der Waals surface area contributed by atoms with Gasteiger partial charge in [-0.3, -0.25) is 19.1 Å². The first-order valence-corrected chi connectivity index (χ1v) is 24.4. The Balaban J connectivity index is 0.000000355. The SMILES string of the molecule is CC(C)(C)OC(=O)N[C@H]1CCCCC/C=C\[C@@H]2C[C@@]2(C(=O)[N-]S(=O)(=O)C2CC2)NC(=O)[C@@H]2C[C@@H](OC(=O)N3Cc4cccc(F)c4C3)CN2C1=O.C[C@@]1(F)[C@H](O)[C@@H](CO)O[C@H]1n1ccc(N)nc1=O.[Na+]. The minimum atomic E-state index is -4.04. The van der Waals surface area contributed by atoms with E-state index in [0.717, 1.165) is 17.9 Å². The van der Waals surface area contributed by atoms with Gasteiger partial charge in [0.05, 0.1) is 41.2 Å². The van der Waals surface area contributed by atoms with Crippen LogP contribution in [0.15, 0.2) is 47.4 Å². The zero-order valence-corrected chi connectivity index (χ0v) is 42.5. The topological polar surface area (TPSA) is 293 Å². The summed E-state index contributed by atoms with van der Waals surface area (Å²) in [4.78, 5) is 85.7. The van der Waals surface area contributed by atoms with Crippen molar-refractivity contribution in [2.75, 3.05) is 18.9 Å². The van der Waals surface area contributed by atoms with E-state index in [1.165, 1.54) is 28.1 Å². The first kappa shape index (κ1) is 54.6. The Labute approximate surface area is 425 Å². The number of sulfonamides is 1. The molecule has 4 fully saturated rings. The summed E-state index contributed by atoms with van der Waals surface area (Å²) in [7, 11) is -4.04. The molecule has 0 unspecified atom stereocenters. The van der Waals surface area contributed by atoms with Crippen molar-refractivity contribution in [2.45, 2.75) is 157 Å². The number of fused-ring (bicyclic) bond motifs is 3. The molecule has 70 heavy (non-hydrogen) atoms. The summed E-state index contributed by atoms with van der Waals surface area (Å²) in [6, 6.07) is 3.59. The molecule has 4 aliphatic heterocycles. The molecular formula is C45H59F2N8NaO13S. The summed E-state index contributed by atoms with van der Waals surface area (Å²) in [5, 5.41) is 23.3. The van der Waals surface area contributed by atoms with Gasteiger partial charge < -0.3 is 55.2 Å². The van der Waals surface area contributed by atoms with Crippen LogP contribution in [-0.4, -0.2) is 133 Å². The van der Waals surface area contributed by atoms with E-state index in [1.54, 1.807) is 39.0 Å². The van der Waals surface area contributed by atoms with Crippen molar-refractivity contribution in [3.05, 3.63) is 74.8 Å². The van der Waals surface area contributed by atoms with E-state index in [9.17, 15) is 51.1 Å².